The lowest BCUT2D eigenvalue weighted by Crippen LogP contribution is -2.42. The zero-order chi connectivity index (χ0) is 23.4. The normalized spacial score (nSPS) is 10.7. The number of benzene rings is 3. The first-order valence-electron chi connectivity index (χ1n) is 9.68. The van der Waals surface area contributed by atoms with Crippen LogP contribution in [0.4, 0.5) is 8.78 Å². The Morgan fingerprint density at radius 3 is 2.42 bits per heavy atom. The van der Waals surface area contributed by atoms with E-state index in [1.54, 1.807) is 54.6 Å². The average Bonchev–Trinajstić information content (AvgIpc) is 2.82. The van der Waals surface area contributed by atoms with Crippen LogP contribution in [0.5, 0.6) is 0 Å². The van der Waals surface area contributed by atoms with Gasteiger partial charge in [-0.3, -0.25) is 29.8 Å². The van der Waals surface area contributed by atoms with E-state index in [-0.39, 0.29) is 22.0 Å². The van der Waals surface area contributed by atoms with Crippen LogP contribution in [-0.4, -0.2) is 27.1 Å². The largest absolute Gasteiger partial charge is 0.272 e. The molecule has 0 spiro atoms. The smallest absolute Gasteiger partial charge is 0.269 e. The molecular formula is C23H16F2N4O3S. The standard InChI is InChI=1S/C23H16F2N4O3S/c24-15-10-11-19(17(25)12-15)29-22(32)16-8-4-5-9-18(16)26-23(29)33-13-20(30)27-28-21(31)14-6-2-1-3-7-14/h1-12H,13H2,(H,27,30)(H,28,31). The Bertz CT molecular complexity index is 1410. The van der Waals surface area contributed by atoms with Crippen LogP contribution in [0.3, 0.4) is 0 Å². The molecule has 0 fully saturated rings. The molecule has 0 unspecified atom stereocenters. The number of rotatable bonds is 5. The van der Waals surface area contributed by atoms with Crippen LogP contribution in [0.25, 0.3) is 16.6 Å². The summed E-state index contributed by atoms with van der Waals surface area (Å²) in [7, 11) is 0. The molecule has 1 aromatic heterocycles. The van der Waals surface area contributed by atoms with Gasteiger partial charge in [-0.05, 0) is 36.4 Å². The van der Waals surface area contributed by atoms with E-state index >= 15 is 0 Å². The minimum absolute atomic E-state index is 0.0359. The van der Waals surface area contributed by atoms with Crippen molar-refractivity contribution in [3.8, 4) is 5.69 Å². The Labute approximate surface area is 190 Å². The molecule has 2 amide bonds. The summed E-state index contributed by atoms with van der Waals surface area (Å²) in [6, 6.07) is 17.6. The summed E-state index contributed by atoms with van der Waals surface area (Å²) in [6.07, 6.45) is 0. The molecule has 0 saturated carbocycles. The number of carbonyl (C=O) groups excluding carboxylic acids is 2. The maximum atomic E-state index is 14.5. The average molecular weight is 466 g/mol. The molecule has 2 N–H and O–H groups in total. The predicted molar refractivity (Wildman–Crippen MR) is 120 cm³/mol. The molecular weight excluding hydrogens is 450 g/mol. The van der Waals surface area contributed by atoms with Gasteiger partial charge in [0.1, 0.15) is 11.6 Å². The van der Waals surface area contributed by atoms with Crippen molar-refractivity contribution in [1.29, 1.82) is 0 Å². The molecule has 4 aromatic rings. The Balaban J connectivity index is 1.58. The van der Waals surface area contributed by atoms with Gasteiger partial charge in [-0.15, -0.1) is 0 Å². The van der Waals surface area contributed by atoms with Gasteiger partial charge in [0, 0.05) is 11.6 Å². The minimum Gasteiger partial charge on any atom is -0.272 e. The Kier molecular flexibility index (Phi) is 6.45. The highest BCUT2D eigenvalue weighted by Crippen LogP contribution is 2.23. The van der Waals surface area contributed by atoms with Gasteiger partial charge in [-0.1, -0.05) is 42.1 Å². The number of hydrazine groups is 1. The second-order valence-electron chi connectivity index (χ2n) is 6.80. The lowest BCUT2D eigenvalue weighted by molar-refractivity contribution is -0.119. The van der Waals surface area contributed by atoms with E-state index in [0.29, 0.717) is 17.1 Å². The maximum Gasteiger partial charge on any atom is 0.269 e. The van der Waals surface area contributed by atoms with Crippen molar-refractivity contribution in [3.05, 3.63) is 100 Å². The topological polar surface area (TPSA) is 93.1 Å². The van der Waals surface area contributed by atoms with Crippen molar-refractivity contribution in [1.82, 2.24) is 20.4 Å². The fraction of sp³-hybridized carbons (Fsp3) is 0.0435. The minimum atomic E-state index is -0.949. The summed E-state index contributed by atoms with van der Waals surface area (Å²) in [6.45, 7) is 0. The molecule has 0 aliphatic carbocycles. The molecule has 3 aromatic carbocycles. The number of fused-ring (bicyclic) bond motifs is 1. The quantitative estimate of drug-likeness (QED) is 0.268. The van der Waals surface area contributed by atoms with E-state index in [9.17, 15) is 23.2 Å². The third kappa shape index (κ3) is 4.90. The van der Waals surface area contributed by atoms with Crippen molar-refractivity contribution < 1.29 is 18.4 Å². The van der Waals surface area contributed by atoms with Gasteiger partial charge < -0.3 is 0 Å². The van der Waals surface area contributed by atoms with Gasteiger partial charge in [0.05, 0.1) is 22.3 Å². The van der Waals surface area contributed by atoms with Gasteiger partial charge in [0.2, 0.25) is 5.91 Å². The highest BCUT2D eigenvalue weighted by molar-refractivity contribution is 7.99. The molecule has 10 heteroatoms. The first kappa shape index (κ1) is 22.2. The van der Waals surface area contributed by atoms with Crippen molar-refractivity contribution in [3.63, 3.8) is 0 Å². The Morgan fingerprint density at radius 2 is 1.67 bits per heavy atom. The maximum absolute atomic E-state index is 14.5. The fourth-order valence-electron chi connectivity index (χ4n) is 3.04. The molecule has 4 rings (SSSR count). The molecule has 0 aliphatic rings. The van der Waals surface area contributed by atoms with Gasteiger partial charge in [-0.2, -0.15) is 0 Å². The van der Waals surface area contributed by atoms with Crippen LogP contribution in [-0.2, 0) is 4.79 Å². The summed E-state index contributed by atoms with van der Waals surface area (Å²) in [5.41, 5.74) is 4.55. The molecule has 0 bridgehead atoms. The van der Waals surface area contributed by atoms with Crippen LogP contribution in [0.2, 0.25) is 0 Å². The molecule has 1 heterocycles. The number of halogens is 2. The number of nitrogens with one attached hydrogen (secondary N) is 2. The fourth-order valence-corrected chi connectivity index (χ4v) is 3.84. The third-order valence-corrected chi connectivity index (χ3v) is 5.52. The molecule has 0 saturated heterocycles. The van der Waals surface area contributed by atoms with Gasteiger partial charge in [0.25, 0.3) is 11.5 Å². The summed E-state index contributed by atoms with van der Waals surface area (Å²) in [5.74, 6) is -3.04. The number of para-hydroxylation sites is 1. The molecule has 0 radical (unpaired) electrons. The van der Waals surface area contributed by atoms with Gasteiger partial charge in [0.15, 0.2) is 5.16 Å². The second-order valence-corrected chi connectivity index (χ2v) is 7.75. The Hall–Kier alpha value is -4.05. The Morgan fingerprint density at radius 1 is 0.939 bits per heavy atom. The SMILES string of the molecule is O=C(CSc1nc2ccccc2c(=O)n1-c1ccc(F)cc1F)NNC(=O)c1ccccc1. The number of aromatic nitrogens is 2. The van der Waals surface area contributed by atoms with Crippen molar-refractivity contribution in [2.75, 3.05) is 5.75 Å². The van der Waals surface area contributed by atoms with Crippen LogP contribution >= 0.6 is 11.8 Å². The number of nitrogens with zero attached hydrogens (tertiary/aromatic N) is 2. The van der Waals surface area contributed by atoms with Crippen molar-refractivity contribution in [2.24, 2.45) is 0 Å². The number of thioether (sulfide) groups is 1. The molecule has 33 heavy (non-hydrogen) atoms. The van der Waals surface area contributed by atoms with E-state index in [1.807, 2.05) is 0 Å². The molecule has 7 nitrogen and oxygen atoms in total. The lowest BCUT2D eigenvalue weighted by Gasteiger charge is -2.14. The monoisotopic (exact) mass is 466 g/mol. The number of amides is 2. The molecule has 0 aliphatic heterocycles. The highest BCUT2D eigenvalue weighted by atomic mass is 32.2. The summed E-state index contributed by atoms with van der Waals surface area (Å²) in [5, 5.41) is 0.277. The highest BCUT2D eigenvalue weighted by Gasteiger charge is 2.18. The second kappa shape index (κ2) is 9.61. The summed E-state index contributed by atoms with van der Waals surface area (Å²) < 4.78 is 28.9. The number of carbonyl (C=O) groups is 2. The summed E-state index contributed by atoms with van der Waals surface area (Å²) in [4.78, 5) is 41.8. The zero-order valence-corrected chi connectivity index (χ0v) is 17.7. The lowest BCUT2D eigenvalue weighted by atomic mass is 10.2. The van der Waals surface area contributed by atoms with Crippen LogP contribution in [0.1, 0.15) is 10.4 Å². The van der Waals surface area contributed by atoms with Crippen molar-refractivity contribution >= 4 is 34.5 Å². The van der Waals surface area contributed by atoms with E-state index in [4.69, 9.17) is 0 Å². The molecule has 166 valence electrons. The predicted octanol–water partition coefficient (Wildman–Crippen LogP) is 3.22. The van der Waals surface area contributed by atoms with E-state index < -0.39 is 29.0 Å². The number of hydrogen-bond acceptors (Lipinski definition) is 5. The van der Waals surface area contributed by atoms with Gasteiger partial charge >= 0.3 is 0 Å². The first-order valence-corrected chi connectivity index (χ1v) is 10.7. The third-order valence-electron chi connectivity index (χ3n) is 4.58. The zero-order valence-electron chi connectivity index (χ0n) is 16.9. The van der Waals surface area contributed by atoms with Crippen LogP contribution in [0.15, 0.2) is 82.7 Å². The van der Waals surface area contributed by atoms with Gasteiger partial charge in [-0.25, -0.2) is 13.8 Å². The van der Waals surface area contributed by atoms with Crippen LogP contribution in [0, 0.1) is 11.6 Å². The summed E-state index contributed by atoms with van der Waals surface area (Å²) >= 11 is 0.867. The number of hydrogen-bond donors (Lipinski definition) is 2. The molecule has 0 atom stereocenters. The van der Waals surface area contributed by atoms with E-state index in [2.05, 4.69) is 15.8 Å². The van der Waals surface area contributed by atoms with Crippen molar-refractivity contribution in [2.45, 2.75) is 5.16 Å². The van der Waals surface area contributed by atoms with E-state index in [1.165, 1.54) is 0 Å². The first-order chi connectivity index (χ1) is 15.9. The van der Waals surface area contributed by atoms with E-state index in [0.717, 1.165) is 28.5 Å². The van der Waals surface area contributed by atoms with Crippen LogP contribution < -0.4 is 16.4 Å².